The van der Waals surface area contributed by atoms with Gasteiger partial charge < -0.3 is 10.6 Å². The Labute approximate surface area is 176 Å². The molecule has 5 nitrogen and oxygen atoms in total. The highest BCUT2D eigenvalue weighted by atomic mass is 32.1. The van der Waals surface area contributed by atoms with Gasteiger partial charge in [0.2, 0.25) is 11.8 Å². The minimum atomic E-state index is -0.609. The molecule has 2 amide bonds. The summed E-state index contributed by atoms with van der Waals surface area (Å²) in [5.41, 5.74) is 3.72. The van der Waals surface area contributed by atoms with E-state index in [0.29, 0.717) is 11.2 Å². The van der Waals surface area contributed by atoms with Gasteiger partial charge in [-0.25, -0.2) is 4.98 Å². The maximum atomic E-state index is 13.3. The molecule has 2 fully saturated rings. The monoisotopic (exact) mass is 411 g/mol. The van der Waals surface area contributed by atoms with E-state index in [1.807, 2.05) is 5.38 Å². The Morgan fingerprint density at radius 1 is 1.17 bits per heavy atom. The lowest BCUT2D eigenvalue weighted by molar-refractivity contribution is -0.134. The molecule has 0 aliphatic heterocycles. The SMILES string of the molecule is Cc1ccc(C)c(-c2csc(NC(=O)C3(CC(=O)NC4CC4)CCCCC3)n2)c1. The van der Waals surface area contributed by atoms with Crippen molar-refractivity contribution in [1.82, 2.24) is 10.3 Å². The summed E-state index contributed by atoms with van der Waals surface area (Å²) in [4.78, 5) is 30.4. The number of nitrogens with zero attached hydrogens (tertiary/aromatic N) is 1. The molecule has 0 atom stereocenters. The van der Waals surface area contributed by atoms with Gasteiger partial charge in [0.15, 0.2) is 5.13 Å². The summed E-state index contributed by atoms with van der Waals surface area (Å²) in [6, 6.07) is 6.64. The highest BCUT2D eigenvalue weighted by Gasteiger charge is 2.42. The van der Waals surface area contributed by atoms with Gasteiger partial charge in [-0.2, -0.15) is 0 Å². The molecule has 1 heterocycles. The molecule has 0 radical (unpaired) electrons. The maximum absolute atomic E-state index is 13.3. The molecule has 0 spiro atoms. The van der Waals surface area contributed by atoms with Crippen LogP contribution in [0.15, 0.2) is 23.6 Å². The number of anilines is 1. The number of rotatable bonds is 6. The van der Waals surface area contributed by atoms with Gasteiger partial charge in [-0.1, -0.05) is 37.0 Å². The Hall–Kier alpha value is -2.21. The number of carbonyl (C=O) groups is 2. The molecule has 2 saturated carbocycles. The second kappa shape index (κ2) is 8.27. The van der Waals surface area contributed by atoms with E-state index in [1.54, 1.807) is 0 Å². The fourth-order valence-electron chi connectivity index (χ4n) is 4.22. The molecular weight excluding hydrogens is 382 g/mol. The zero-order valence-electron chi connectivity index (χ0n) is 17.2. The molecule has 154 valence electrons. The lowest BCUT2D eigenvalue weighted by Gasteiger charge is -2.35. The van der Waals surface area contributed by atoms with Crippen LogP contribution in [0.5, 0.6) is 0 Å². The maximum Gasteiger partial charge on any atom is 0.232 e. The van der Waals surface area contributed by atoms with Crippen LogP contribution in [0, 0.1) is 19.3 Å². The van der Waals surface area contributed by atoms with Gasteiger partial charge in [0.25, 0.3) is 0 Å². The van der Waals surface area contributed by atoms with Crippen LogP contribution in [-0.2, 0) is 9.59 Å². The van der Waals surface area contributed by atoms with Crippen LogP contribution in [0.1, 0.15) is 62.5 Å². The number of benzene rings is 1. The van der Waals surface area contributed by atoms with Crippen molar-refractivity contribution in [2.24, 2.45) is 5.41 Å². The van der Waals surface area contributed by atoms with Crippen LogP contribution < -0.4 is 10.6 Å². The van der Waals surface area contributed by atoms with Gasteiger partial charge in [-0.3, -0.25) is 9.59 Å². The first kappa shape index (κ1) is 20.1. The second-order valence-electron chi connectivity index (χ2n) is 8.67. The standard InChI is InChI=1S/C23H29N3O2S/c1-15-6-7-16(2)18(12-15)19-14-29-22(25-19)26-21(28)23(10-4-3-5-11-23)13-20(27)24-17-8-9-17/h6-7,12,14,17H,3-5,8-11,13H2,1-2H3,(H,24,27)(H,25,26,28). The highest BCUT2D eigenvalue weighted by Crippen LogP contribution is 2.41. The molecule has 2 aromatic rings. The number of thiazole rings is 1. The van der Waals surface area contributed by atoms with E-state index in [1.165, 1.54) is 22.5 Å². The molecule has 29 heavy (non-hydrogen) atoms. The van der Waals surface area contributed by atoms with Crippen molar-refractivity contribution >= 4 is 28.3 Å². The van der Waals surface area contributed by atoms with Gasteiger partial charge in [-0.05, 0) is 51.2 Å². The average Bonchev–Trinajstić information content (AvgIpc) is 3.39. The molecule has 0 unspecified atom stereocenters. The summed E-state index contributed by atoms with van der Waals surface area (Å²) in [7, 11) is 0. The summed E-state index contributed by atoms with van der Waals surface area (Å²) < 4.78 is 0. The van der Waals surface area contributed by atoms with Crippen LogP contribution in [0.2, 0.25) is 0 Å². The molecule has 1 aromatic heterocycles. The molecule has 1 aromatic carbocycles. The number of aryl methyl sites for hydroxylation is 2. The summed E-state index contributed by atoms with van der Waals surface area (Å²) in [5.74, 6) is -0.0372. The lowest BCUT2D eigenvalue weighted by atomic mass is 9.71. The zero-order valence-corrected chi connectivity index (χ0v) is 18.0. The van der Waals surface area contributed by atoms with E-state index in [2.05, 4.69) is 47.7 Å². The van der Waals surface area contributed by atoms with Crippen molar-refractivity contribution in [2.45, 2.75) is 71.3 Å². The molecule has 4 rings (SSSR count). The predicted molar refractivity (Wildman–Crippen MR) is 117 cm³/mol. The summed E-state index contributed by atoms with van der Waals surface area (Å²) in [5, 5.41) is 8.69. The quantitative estimate of drug-likeness (QED) is 0.704. The Bertz CT molecular complexity index is 911. The van der Waals surface area contributed by atoms with Crippen molar-refractivity contribution in [3.8, 4) is 11.3 Å². The number of carbonyl (C=O) groups excluding carboxylic acids is 2. The number of hydrogen-bond donors (Lipinski definition) is 2. The van der Waals surface area contributed by atoms with E-state index in [4.69, 9.17) is 0 Å². The van der Waals surface area contributed by atoms with Crippen LogP contribution >= 0.6 is 11.3 Å². The first-order chi connectivity index (χ1) is 13.9. The van der Waals surface area contributed by atoms with E-state index >= 15 is 0 Å². The third-order valence-corrected chi connectivity index (χ3v) is 6.89. The molecule has 6 heteroatoms. The van der Waals surface area contributed by atoms with E-state index < -0.39 is 5.41 Å². The fourth-order valence-corrected chi connectivity index (χ4v) is 4.93. The van der Waals surface area contributed by atoms with Gasteiger partial charge in [0.05, 0.1) is 11.1 Å². The molecule has 0 bridgehead atoms. The smallest absolute Gasteiger partial charge is 0.232 e. The van der Waals surface area contributed by atoms with Crippen LogP contribution in [0.3, 0.4) is 0 Å². The van der Waals surface area contributed by atoms with Crippen LogP contribution in [0.4, 0.5) is 5.13 Å². The van der Waals surface area contributed by atoms with Crippen molar-refractivity contribution in [3.05, 3.63) is 34.7 Å². The number of aromatic nitrogens is 1. The Morgan fingerprint density at radius 2 is 1.93 bits per heavy atom. The van der Waals surface area contributed by atoms with Crippen LogP contribution in [-0.4, -0.2) is 22.8 Å². The van der Waals surface area contributed by atoms with Gasteiger partial charge in [0.1, 0.15) is 0 Å². The number of hydrogen-bond acceptors (Lipinski definition) is 4. The first-order valence-electron chi connectivity index (χ1n) is 10.6. The van der Waals surface area contributed by atoms with Crippen molar-refractivity contribution < 1.29 is 9.59 Å². The molecular formula is C23H29N3O2S. The molecule has 2 aliphatic carbocycles. The van der Waals surface area contributed by atoms with E-state index in [-0.39, 0.29) is 18.2 Å². The van der Waals surface area contributed by atoms with E-state index in [0.717, 1.165) is 56.2 Å². The van der Waals surface area contributed by atoms with Gasteiger partial charge in [0, 0.05) is 23.4 Å². The van der Waals surface area contributed by atoms with Gasteiger partial charge in [-0.15, -0.1) is 11.3 Å². The Morgan fingerprint density at radius 3 is 2.66 bits per heavy atom. The summed E-state index contributed by atoms with van der Waals surface area (Å²) in [6.07, 6.45) is 7.07. The van der Waals surface area contributed by atoms with Crippen molar-refractivity contribution in [3.63, 3.8) is 0 Å². The van der Waals surface area contributed by atoms with E-state index in [9.17, 15) is 9.59 Å². The summed E-state index contributed by atoms with van der Waals surface area (Å²) in [6.45, 7) is 4.14. The normalized spacial score (nSPS) is 18.3. The van der Waals surface area contributed by atoms with Gasteiger partial charge >= 0.3 is 0 Å². The van der Waals surface area contributed by atoms with Crippen molar-refractivity contribution in [2.75, 3.05) is 5.32 Å². The molecule has 2 N–H and O–H groups in total. The minimum Gasteiger partial charge on any atom is -0.353 e. The first-order valence-corrected chi connectivity index (χ1v) is 11.5. The number of nitrogens with one attached hydrogen (secondary N) is 2. The summed E-state index contributed by atoms with van der Waals surface area (Å²) >= 11 is 1.45. The Balaban J connectivity index is 1.49. The third-order valence-electron chi connectivity index (χ3n) is 6.13. The molecule has 2 aliphatic rings. The fraction of sp³-hybridized carbons (Fsp3) is 0.522. The zero-order chi connectivity index (χ0) is 20.4. The lowest BCUT2D eigenvalue weighted by Crippen LogP contribution is -2.42. The molecule has 0 saturated heterocycles. The average molecular weight is 412 g/mol. The second-order valence-corrected chi connectivity index (χ2v) is 9.53. The third kappa shape index (κ3) is 4.69. The van der Waals surface area contributed by atoms with Crippen molar-refractivity contribution in [1.29, 1.82) is 0 Å². The van der Waals surface area contributed by atoms with Crippen LogP contribution in [0.25, 0.3) is 11.3 Å². The minimum absolute atomic E-state index is 0.0137. The largest absolute Gasteiger partial charge is 0.353 e. The Kier molecular flexibility index (Phi) is 5.72. The number of amides is 2. The topological polar surface area (TPSA) is 71.1 Å². The highest BCUT2D eigenvalue weighted by molar-refractivity contribution is 7.14. The predicted octanol–water partition coefficient (Wildman–Crippen LogP) is 4.98.